The summed E-state index contributed by atoms with van der Waals surface area (Å²) in [5.41, 5.74) is 10.5. The van der Waals surface area contributed by atoms with Crippen LogP contribution in [0.2, 0.25) is 0 Å². The smallest absolute Gasteiger partial charge is 0.269 e. The van der Waals surface area contributed by atoms with Gasteiger partial charge in [0.15, 0.2) is 5.69 Å². The van der Waals surface area contributed by atoms with Crippen molar-refractivity contribution < 1.29 is 18.4 Å². The van der Waals surface area contributed by atoms with E-state index >= 15 is 0 Å². The van der Waals surface area contributed by atoms with Crippen LogP contribution in [0, 0.1) is 18.6 Å². The molecule has 3 N–H and O–H groups in total. The molecule has 0 fully saturated rings. The van der Waals surface area contributed by atoms with Gasteiger partial charge in [0.1, 0.15) is 11.6 Å². The molecule has 1 aromatic heterocycles. The lowest BCUT2D eigenvalue weighted by Crippen LogP contribution is -2.16. The van der Waals surface area contributed by atoms with Gasteiger partial charge >= 0.3 is 0 Å². The summed E-state index contributed by atoms with van der Waals surface area (Å²) in [5.74, 6) is -2.52. The number of nitrogens with zero attached hydrogens (tertiary/aromatic N) is 2. The van der Waals surface area contributed by atoms with E-state index in [1.807, 2.05) is 25.1 Å². The SMILES string of the molecule is Cc1ccccc1C(=O)Nc1ccc2c(c1)-c1c(c(C(N)=O)nn1-c1cc(F)cc(F)c1)CC2. The zero-order valence-electron chi connectivity index (χ0n) is 18.2. The lowest BCUT2D eigenvalue weighted by atomic mass is 9.88. The minimum atomic E-state index is -0.768. The third kappa shape index (κ3) is 3.73. The molecule has 0 radical (unpaired) electrons. The van der Waals surface area contributed by atoms with E-state index in [4.69, 9.17) is 5.73 Å². The summed E-state index contributed by atoms with van der Waals surface area (Å²) >= 11 is 0. The minimum Gasteiger partial charge on any atom is -0.364 e. The number of hydrogen-bond acceptors (Lipinski definition) is 3. The van der Waals surface area contributed by atoms with Crippen molar-refractivity contribution in [3.8, 4) is 16.9 Å². The Balaban J connectivity index is 1.63. The highest BCUT2D eigenvalue weighted by molar-refractivity contribution is 6.05. The van der Waals surface area contributed by atoms with Crippen LogP contribution in [0.25, 0.3) is 16.9 Å². The Bertz CT molecular complexity index is 1460. The van der Waals surface area contributed by atoms with Gasteiger partial charge in [-0.3, -0.25) is 9.59 Å². The van der Waals surface area contributed by atoms with Gasteiger partial charge in [-0.15, -0.1) is 0 Å². The molecule has 1 aliphatic carbocycles. The van der Waals surface area contributed by atoms with Crippen molar-refractivity contribution in [1.29, 1.82) is 0 Å². The van der Waals surface area contributed by atoms with Crippen LogP contribution >= 0.6 is 0 Å². The number of nitrogens with two attached hydrogens (primary N) is 1. The van der Waals surface area contributed by atoms with Crippen molar-refractivity contribution in [3.63, 3.8) is 0 Å². The average Bonchev–Trinajstić information content (AvgIpc) is 3.19. The number of anilines is 1. The Hall–Kier alpha value is -4.33. The first-order valence-corrected chi connectivity index (χ1v) is 10.7. The fourth-order valence-corrected chi connectivity index (χ4v) is 4.39. The summed E-state index contributed by atoms with van der Waals surface area (Å²) in [6.07, 6.45) is 1.12. The molecule has 34 heavy (non-hydrogen) atoms. The Morgan fingerprint density at radius 1 is 1.00 bits per heavy atom. The molecular weight excluding hydrogens is 438 g/mol. The molecule has 3 aromatic carbocycles. The topological polar surface area (TPSA) is 90.0 Å². The maximum absolute atomic E-state index is 14.0. The van der Waals surface area contributed by atoms with Gasteiger partial charge in [-0.2, -0.15) is 5.10 Å². The van der Waals surface area contributed by atoms with Crippen LogP contribution in [-0.2, 0) is 12.8 Å². The number of carbonyl (C=O) groups is 2. The zero-order chi connectivity index (χ0) is 24.0. The van der Waals surface area contributed by atoms with Crippen molar-refractivity contribution in [3.05, 3.63) is 100 Å². The molecule has 0 bridgehead atoms. The largest absolute Gasteiger partial charge is 0.364 e. The number of benzene rings is 3. The molecule has 0 aliphatic heterocycles. The molecule has 1 aliphatic rings. The molecule has 5 rings (SSSR count). The van der Waals surface area contributed by atoms with Gasteiger partial charge in [0.05, 0.1) is 11.4 Å². The second kappa shape index (κ2) is 8.22. The predicted molar refractivity (Wildman–Crippen MR) is 124 cm³/mol. The minimum absolute atomic E-state index is 0.0552. The van der Waals surface area contributed by atoms with Gasteiger partial charge in [0.2, 0.25) is 0 Å². The number of amides is 2. The number of hydrogen-bond donors (Lipinski definition) is 2. The first-order valence-electron chi connectivity index (χ1n) is 10.7. The van der Waals surface area contributed by atoms with Crippen molar-refractivity contribution >= 4 is 17.5 Å². The summed E-state index contributed by atoms with van der Waals surface area (Å²) in [5, 5.41) is 7.22. The van der Waals surface area contributed by atoms with Crippen LogP contribution < -0.4 is 11.1 Å². The van der Waals surface area contributed by atoms with Gasteiger partial charge in [0, 0.05) is 28.4 Å². The number of rotatable bonds is 4. The summed E-state index contributed by atoms with van der Waals surface area (Å²) < 4.78 is 29.3. The van der Waals surface area contributed by atoms with Gasteiger partial charge in [-0.05, 0) is 61.2 Å². The molecule has 170 valence electrons. The molecule has 8 heteroatoms. The van der Waals surface area contributed by atoms with Crippen LogP contribution in [0.1, 0.15) is 37.5 Å². The molecule has 6 nitrogen and oxygen atoms in total. The summed E-state index contributed by atoms with van der Waals surface area (Å²) in [6.45, 7) is 1.86. The fraction of sp³-hybridized carbons (Fsp3) is 0.115. The van der Waals surface area contributed by atoms with E-state index in [2.05, 4.69) is 10.4 Å². The third-order valence-corrected chi connectivity index (χ3v) is 5.97. The van der Waals surface area contributed by atoms with Crippen molar-refractivity contribution in [1.82, 2.24) is 9.78 Å². The predicted octanol–water partition coefficient (Wildman–Crippen LogP) is 4.58. The van der Waals surface area contributed by atoms with Crippen LogP contribution in [0.5, 0.6) is 0 Å². The molecule has 2 amide bonds. The molecule has 4 aromatic rings. The first-order chi connectivity index (χ1) is 16.3. The molecule has 1 heterocycles. The Morgan fingerprint density at radius 3 is 2.44 bits per heavy atom. The second-order valence-corrected chi connectivity index (χ2v) is 8.22. The lowest BCUT2D eigenvalue weighted by molar-refractivity contribution is 0.0992. The zero-order valence-corrected chi connectivity index (χ0v) is 18.2. The maximum Gasteiger partial charge on any atom is 0.269 e. The number of halogens is 2. The van der Waals surface area contributed by atoms with E-state index in [-0.39, 0.29) is 17.3 Å². The fourth-order valence-electron chi connectivity index (χ4n) is 4.39. The second-order valence-electron chi connectivity index (χ2n) is 8.22. The molecule has 0 unspecified atom stereocenters. The number of aromatic nitrogens is 2. The summed E-state index contributed by atoms with van der Waals surface area (Å²) in [6, 6.07) is 15.8. The van der Waals surface area contributed by atoms with Gasteiger partial charge in [-0.1, -0.05) is 24.3 Å². The highest BCUT2D eigenvalue weighted by atomic mass is 19.1. The maximum atomic E-state index is 14.0. The van der Waals surface area contributed by atoms with E-state index in [0.717, 1.165) is 29.3 Å². The molecular formula is C26H20F2N4O2. The van der Waals surface area contributed by atoms with E-state index < -0.39 is 17.5 Å². The molecule has 0 atom stereocenters. The standard InChI is InChI=1S/C26H20F2N4O2/c1-14-4-2-3-5-20(14)26(34)30-18-8-6-15-7-9-21-23(25(29)33)31-32(24(21)22(15)13-18)19-11-16(27)10-17(28)12-19/h2-6,8,10-13H,7,9H2,1H3,(H2,29,33)(H,30,34). The average molecular weight is 458 g/mol. The quantitative estimate of drug-likeness (QED) is 0.469. The van der Waals surface area contributed by atoms with Gasteiger partial charge in [-0.25, -0.2) is 13.5 Å². The highest BCUT2D eigenvalue weighted by Crippen LogP contribution is 2.38. The molecule has 0 saturated heterocycles. The summed E-state index contributed by atoms with van der Waals surface area (Å²) in [4.78, 5) is 24.9. The third-order valence-electron chi connectivity index (χ3n) is 5.97. The van der Waals surface area contributed by atoms with E-state index in [1.165, 1.54) is 4.68 Å². The van der Waals surface area contributed by atoms with Gasteiger partial charge in [0.25, 0.3) is 11.8 Å². The van der Waals surface area contributed by atoms with Crippen molar-refractivity contribution in [2.45, 2.75) is 19.8 Å². The number of primary amides is 1. The number of nitrogens with one attached hydrogen (secondary N) is 1. The van der Waals surface area contributed by atoms with Crippen LogP contribution in [0.3, 0.4) is 0 Å². The lowest BCUT2D eigenvalue weighted by Gasteiger charge is -2.20. The van der Waals surface area contributed by atoms with Crippen LogP contribution in [0.15, 0.2) is 60.7 Å². The van der Waals surface area contributed by atoms with E-state index in [0.29, 0.717) is 40.9 Å². The Morgan fingerprint density at radius 2 is 1.74 bits per heavy atom. The van der Waals surface area contributed by atoms with Crippen LogP contribution in [-0.4, -0.2) is 21.6 Å². The van der Waals surface area contributed by atoms with Crippen LogP contribution in [0.4, 0.5) is 14.5 Å². The Labute approximate surface area is 194 Å². The van der Waals surface area contributed by atoms with Crippen molar-refractivity contribution in [2.24, 2.45) is 5.73 Å². The monoisotopic (exact) mass is 458 g/mol. The summed E-state index contributed by atoms with van der Waals surface area (Å²) in [7, 11) is 0. The molecule has 0 spiro atoms. The first kappa shape index (κ1) is 21.5. The van der Waals surface area contributed by atoms with Crippen molar-refractivity contribution in [2.75, 3.05) is 5.32 Å². The number of carbonyl (C=O) groups excluding carboxylic acids is 2. The van der Waals surface area contributed by atoms with E-state index in [9.17, 15) is 18.4 Å². The molecule has 0 saturated carbocycles. The highest BCUT2D eigenvalue weighted by Gasteiger charge is 2.28. The Kier molecular flexibility index (Phi) is 5.20. The normalized spacial score (nSPS) is 12.1. The van der Waals surface area contributed by atoms with Gasteiger partial charge < -0.3 is 11.1 Å². The van der Waals surface area contributed by atoms with E-state index in [1.54, 1.807) is 24.3 Å². The number of fused-ring (bicyclic) bond motifs is 3. The number of aryl methyl sites for hydroxylation is 2.